The average molecular weight is 348 g/mol. The van der Waals surface area contributed by atoms with Crippen molar-refractivity contribution in [3.05, 3.63) is 63.1 Å². The van der Waals surface area contributed by atoms with Gasteiger partial charge in [0.1, 0.15) is 0 Å². The maximum absolute atomic E-state index is 11.5. The molecule has 0 saturated carbocycles. The summed E-state index contributed by atoms with van der Waals surface area (Å²) in [6.45, 7) is 4.88. The van der Waals surface area contributed by atoms with Crippen molar-refractivity contribution in [3.8, 4) is 0 Å². The van der Waals surface area contributed by atoms with Crippen molar-refractivity contribution in [2.24, 2.45) is 0 Å². The molecule has 0 atom stereocenters. The van der Waals surface area contributed by atoms with Crippen LogP contribution in [0, 0.1) is 13.8 Å². The SMILES string of the molecule is COC(=O)c1ccc(CNc2ccc(C)c(C)c2)c(Br)c1. The number of hydrogen-bond donors (Lipinski definition) is 1. The number of hydrogen-bond acceptors (Lipinski definition) is 3. The molecule has 0 amide bonds. The summed E-state index contributed by atoms with van der Waals surface area (Å²) in [6, 6.07) is 11.8. The number of rotatable bonds is 4. The van der Waals surface area contributed by atoms with Crippen molar-refractivity contribution in [3.63, 3.8) is 0 Å². The number of carbonyl (C=O) groups is 1. The normalized spacial score (nSPS) is 10.3. The van der Waals surface area contributed by atoms with Crippen LogP contribution in [0.15, 0.2) is 40.9 Å². The van der Waals surface area contributed by atoms with Gasteiger partial charge in [-0.1, -0.05) is 28.1 Å². The van der Waals surface area contributed by atoms with Gasteiger partial charge in [-0.2, -0.15) is 0 Å². The highest BCUT2D eigenvalue weighted by Crippen LogP contribution is 2.21. The Hall–Kier alpha value is -1.81. The summed E-state index contributed by atoms with van der Waals surface area (Å²) in [4.78, 5) is 11.5. The Balaban J connectivity index is 2.09. The number of benzene rings is 2. The molecule has 4 heteroatoms. The highest BCUT2D eigenvalue weighted by atomic mass is 79.9. The number of carbonyl (C=O) groups excluding carboxylic acids is 1. The predicted molar refractivity (Wildman–Crippen MR) is 88.7 cm³/mol. The zero-order valence-corrected chi connectivity index (χ0v) is 14.0. The van der Waals surface area contributed by atoms with E-state index in [1.807, 2.05) is 6.07 Å². The van der Waals surface area contributed by atoms with Crippen molar-refractivity contribution in [2.45, 2.75) is 20.4 Å². The Morgan fingerprint density at radius 2 is 1.90 bits per heavy atom. The van der Waals surface area contributed by atoms with Crippen LogP contribution in [-0.2, 0) is 11.3 Å². The number of halogens is 1. The van der Waals surface area contributed by atoms with Gasteiger partial charge in [0.15, 0.2) is 0 Å². The molecule has 3 nitrogen and oxygen atoms in total. The Kier molecular flexibility index (Phi) is 5.02. The molecule has 0 unspecified atom stereocenters. The van der Waals surface area contributed by atoms with E-state index in [4.69, 9.17) is 4.74 Å². The molecule has 1 N–H and O–H groups in total. The lowest BCUT2D eigenvalue weighted by atomic mass is 10.1. The van der Waals surface area contributed by atoms with E-state index in [0.29, 0.717) is 12.1 Å². The van der Waals surface area contributed by atoms with Crippen LogP contribution in [0.5, 0.6) is 0 Å². The summed E-state index contributed by atoms with van der Waals surface area (Å²) >= 11 is 3.50. The molecule has 0 fully saturated rings. The lowest BCUT2D eigenvalue weighted by molar-refractivity contribution is 0.0600. The average Bonchev–Trinajstić information content (AvgIpc) is 2.48. The van der Waals surface area contributed by atoms with E-state index < -0.39 is 0 Å². The van der Waals surface area contributed by atoms with E-state index in [1.54, 1.807) is 12.1 Å². The van der Waals surface area contributed by atoms with Crippen molar-refractivity contribution in [1.82, 2.24) is 0 Å². The summed E-state index contributed by atoms with van der Waals surface area (Å²) in [5, 5.41) is 3.39. The molecule has 0 aliphatic carbocycles. The highest BCUT2D eigenvalue weighted by molar-refractivity contribution is 9.10. The van der Waals surface area contributed by atoms with E-state index in [1.165, 1.54) is 18.2 Å². The molecule has 110 valence electrons. The molecule has 21 heavy (non-hydrogen) atoms. The van der Waals surface area contributed by atoms with Gasteiger partial charge in [0.25, 0.3) is 0 Å². The van der Waals surface area contributed by atoms with E-state index in [0.717, 1.165) is 15.7 Å². The molecule has 2 rings (SSSR count). The van der Waals surface area contributed by atoms with Crippen LogP contribution in [0.2, 0.25) is 0 Å². The smallest absolute Gasteiger partial charge is 0.337 e. The maximum Gasteiger partial charge on any atom is 0.337 e. The molecule has 0 aliphatic heterocycles. The third-order valence-corrected chi connectivity index (χ3v) is 4.20. The largest absolute Gasteiger partial charge is 0.465 e. The van der Waals surface area contributed by atoms with Gasteiger partial charge in [-0.05, 0) is 54.8 Å². The fraction of sp³-hybridized carbons (Fsp3) is 0.235. The van der Waals surface area contributed by atoms with E-state index in [-0.39, 0.29) is 5.97 Å². The van der Waals surface area contributed by atoms with Crippen LogP contribution < -0.4 is 5.32 Å². The van der Waals surface area contributed by atoms with Crippen LogP contribution in [0.3, 0.4) is 0 Å². The van der Waals surface area contributed by atoms with Crippen LogP contribution in [0.1, 0.15) is 27.0 Å². The molecule has 2 aromatic rings. The van der Waals surface area contributed by atoms with Crippen molar-refractivity contribution in [1.29, 1.82) is 0 Å². The molecular formula is C17H18BrNO2. The number of methoxy groups -OCH3 is 1. The minimum absolute atomic E-state index is 0.329. The third-order valence-electron chi connectivity index (χ3n) is 3.46. The lowest BCUT2D eigenvalue weighted by Gasteiger charge is -2.11. The van der Waals surface area contributed by atoms with Gasteiger partial charge in [0.2, 0.25) is 0 Å². The highest BCUT2D eigenvalue weighted by Gasteiger charge is 2.08. The summed E-state index contributed by atoms with van der Waals surface area (Å²) in [7, 11) is 1.38. The van der Waals surface area contributed by atoms with Gasteiger partial charge in [-0.3, -0.25) is 0 Å². The maximum atomic E-state index is 11.5. The monoisotopic (exact) mass is 347 g/mol. The van der Waals surface area contributed by atoms with E-state index in [2.05, 4.69) is 53.3 Å². The van der Waals surface area contributed by atoms with Gasteiger partial charge in [0, 0.05) is 16.7 Å². The number of aryl methyl sites for hydroxylation is 2. The molecule has 0 saturated heterocycles. The second-order valence-electron chi connectivity index (χ2n) is 4.95. The fourth-order valence-electron chi connectivity index (χ4n) is 1.98. The fourth-order valence-corrected chi connectivity index (χ4v) is 2.50. The van der Waals surface area contributed by atoms with Crippen molar-refractivity contribution in [2.75, 3.05) is 12.4 Å². The van der Waals surface area contributed by atoms with Crippen LogP contribution in [-0.4, -0.2) is 13.1 Å². The van der Waals surface area contributed by atoms with Gasteiger partial charge < -0.3 is 10.1 Å². The van der Waals surface area contributed by atoms with Crippen LogP contribution >= 0.6 is 15.9 Å². The summed E-state index contributed by atoms with van der Waals surface area (Å²) in [5.41, 5.74) is 5.26. The second kappa shape index (κ2) is 6.76. The number of esters is 1. The first kappa shape index (κ1) is 15.6. The Morgan fingerprint density at radius 1 is 1.14 bits per heavy atom. The first-order valence-corrected chi connectivity index (χ1v) is 7.48. The quantitative estimate of drug-likeness (QED) is 0.829. The lowest BCUT2D eigenvalue weighted by Crippen LogP contribution is -2.04. The Morgan fingerprint density at radius 3 is 2.52 bits per heavy atom. The molecule has 2 aromatic carbocycles. The summed E-state index contributed by atoms with van der Waals surface area (Å²) < 4.78 is 5.60. The molecule has 0 aromatic heterocycles. The molecule has 0 spiro atoms. The van der Waals surface area contributed by atoms with E-state index in [9.17, 15) is 4.79 Å². The Bertz CT molecular complexity index is 668. The minimum atomic E-state index is -0.329. The zero-order valence-electron chi connectivity index (χ0n) is 12.4. The summed E-state index contributed by atoms with van der Waals surface area (Å²) in [6.07, 6.45) is 0. The second-order valence-corrected chi connectivity index (χ2v) is 5.80. The third kappa shape index (κ3) is 3.85. The molecule has 0 bridgehead atoms. The first-order valence-electron chi connectivity index (χ1n) is 6.69. The van der Waals surface area contributed by atoms with Gasteiger partial charge in [-0.15, -0.1) is 0 Å². The minimum Gasteiger partial charge on any atom is -0.465 e. The first-order chi connectivity index (χ1) is 10.0. The van der Waals surface area contributed by atoms with Gasteiger partial charge in [0.05, 0.1) is 12.7 Å². The van der Waals surface area contributed by atoms with Gasteiger partial charge in [-0.25, -0.2) is 4.79 Å². The van der Waals surface area contributed by atoms with Crippen molar-refractivity contribution < 1.29 is 9.53 Å². The molecule has 0 heterocycles. The number of anilines is 1. The predicted octanol–water partition coefficient (Wildman–Crippen LogP) is 4.46. The van der Waals surface area contributed by atoms with Gasteiger partial charge >= 0.3 is 5.97 Å². The number of ether oxygens (including phenoxy) is 1. The molecular weight excluding hydrogens is 330 g/mol. The van der Waals surface area contributed by atoms with Crippen LogP contribution in [0.25, 0.3) is 0 Å². The topological polar surface area (TPSA) is 38.3 Å². The molecule has 0 aliphatic rings. The Labute approximate surface area is 133 Å². The molecule has 0 radical (unpaired) electrons. The number of nitrogens with one attached hydrogen (secondary N) is 1. The van der Waals surface area contributed by atoms with Crippen molar-refractivity contribution >= 4 is 27.6 Å². The standard InChI is InChI=1S/C17H18BrNO2/c1-11-4-7-15(8-12(11)2)19-10-14-6-5-13(9-16(14)18)17(20)21-3/h4-9,19H,10H2,1-3H3. The zero-order chi connectivity index (χ0) is 15.4. The van der Waals surface area contributed by atoms with Crippen LogP contribution in [0.4, 0.5) is 5.69 Å². The van der Waals surface area contributed by atoms with E-state index >= 15 is 0 Å². The summed E-state index contributed by atoms with van der Waals surface area (Å²) in [5.74, 6) is -0.329.